The number of anilines is 7. The Labute approximate surface area is 665 Å². The number of hydrogen-bond donors (Lipinski definition) is 5. The van der Waals surface area contributed by atoms with Crippen LogP contribution in [0.25, 0.3) is 0 Å². The van der Waals surface area contributed by atoms with Crippen LogP contribution in [0.15, 0.2) is 92.3 Å². The number of ether oxygens (including phenoxy) is 7. The summed E-state index contributed by atoms with van der Waals surface area (Å²) in [6.07, 6.45) is 20.5. The molecule has 0 aromatic carbocycles. The molecule has 2 aliphatic heterocycles. The molecule has 12 rings (SSSR count). The van der Waals surface area contributed by atoms with Gasteiger partial charge in [-0.1, -0.05) is 90.0 Å². The van der Waals surface area contributed by atoms with Crippen molar-refractivity contribution in [3.8, 4) is 57.5 Å². The number of pyridine rings is 5. The first-order chi connectivity index (χ1) is 53.6. The molecule has 29 nitrogen and oxygen atoms in total. The van der Waals surface area contributed by atoms with E-state index in [2.05, 4.69) is 190 Å². The molecule has 0 aliphatic carbocycles. The van der Waals surface area contributed by atoms with Crippen molar-refractivity contribution < 1.29 is 33.2 Å². The molecule has 10 aromatic heterocycles. The van der Waals surface area contributed by atoms with Gasteiger partial charge in [-0.25, -0.2) is 59.8 Å². The Kier molecular flexibility index (Phi) is 31.1. The monoisotopic (exact) mass is 1540 g/mol. The molecular formula is C84H116N22O7. The lowest BCUT2D eigenvalue weighted by molar-refractivity contribution is 0.108. The highest BCUT2D eigenvalue weighted by Crippen LogP contribution is 2.41. The Morgan fingerprint density at radius 3 is 1.04 bits per heavy atom. The number of nitrogens with zero attached hydrogens (tertiary/aromatic N) is 17. The fourth-order valence-corrected chi connectivity index (χ4v) is 11.7. The summed E-state index contributed by atoms with van der Waals surface area (Å²) in [6, 6.07) is 9.81. The quantitative estimate of drug-likeness (QED) is 0.0421. The van der Waals surface area contributed by atoms with Gasteiger partial charge < -0.3 is 71.6 Å². The highest BCUT2D eigenvalue weighted by atomic mass is 16.5. The molecule has 29 heteroatoms. The summed E-state index contributed by atoms with van der Waals surface area (Å²) in [5.41, 5.74) is 37.6. The smallest absolute Gasteiger partial charge is 0.187 e. The van der Waals surface area contributed by atoms with Gasteiger partial charge in [-0.05, 0) is 104 Å². The zero-order valence-corrected chi connectivity index (χ0v) is 69.9. The van der Waals surface area contributed by atoms with Crippen LogP contribution in [0.4, 0.5) is 40.7 Å². The average Bonchev–Trinajstić information content (AvgIpc) is 1.44. The Morgan fingerprint density at radius 2 is 0.717 bits per heavy atom. The van der Waals surface area contributed by atoms with Crippen LogP contribution in [0.1, 0.15) is 246 Å². The fraction of sp³-hybridized carbons (Fsp3) is 0.464. The van der Waals surface area contributed by atoms with E-state index >= 15 is 0 Å². The third kappa shape index (κ3) is 24.3. The van der Waals surface area contributed by atoms with Crippen LogP contribution >= 0.6 is 0 Å². The molecule has 10 N–H and O–H groups in total. The average molecular weight is 1550 g/mol. The van der Waals surface area contributed by atoms with E-state index in [4.69, 9.17) is 61.8 Å². The summed E-state index contributed by atoms with van der Waals surface area (Å²) >= 11 is 0. The Hall–Kier alpha value is -11.3. The molecule has 0 saturated carbocycles. The highest BCUT2D eigenvalue weighted by molar-refractivity contribution is 5.56. The van der Waals surface area contributed by atoms with Gasteiger partial charge >= 0.3 is 0 Å². The van der Waals surface area contributed by atoms with E-state index in [-0.39, 0.29) is 29.3 Å². The largest absolute Gasteiger partial charge is 0.451 e. The van der Waals surface area contributed by atoms with E-state index in [0.29, 0.717) is 111 Å². The predicted octanol–water partition coefficient (Wildman–Crippen LogP) is 17.3. The van der Waals surface area contributed by atoms with Crippen molar-refractivity contribution in [1.29, 1.82) is 0 Å². The number of hydrogen-bond acceptors (Lipinski definition) is 29. The number of rotatable bonds is 22. The first kappa shape index (κ1) is 87.3. The van der Waals surface area contributed by atoms with Crippen LogP contribution in [0.5, 0.6) is 57.5 Å². The van der Waals surface area contributed by atoms with Gasteiger partial charge in [-0.15, -0.1) is 0 Å². The van der Waals surface area contributed by atoms with Crippen LogP contribution in [0, 0.1) is 34.6 Å². The van der Waals surface area contributed by atoms with Crippen molar-refractivity contribution in [2.45, 2.75) is 212 Å². The minimum absolute atomic E-state index is 0.0465. The molecule has 2 saturated heterocycles. The lowest BCUT2D eigenvalue weighted by Gasteiger charge is -2.22. The summed E-state index contributed by atoms with van der Waals surface area (Å²) in [7, 11) is 1.99. The maximum absolute atomic E-state index is 6.03. The van der Waals surface area contributed by atoms with Crippen LogP contribution in [-0.2, 0) is 14.9 Å². The Balaban J connectivity index is 0.000000177. The van der Waals surface area contributed by atoms with Gasteiger partial charge in [-0.2, -0.15) is 0 Å². The summed E-state index contributed by atoms with van der Waals surface area (Å²) in [4.78, 5) is 68.5. The second kappa shape index (κ2) is 40.2. The lowest BCUT2D eigenvalue weighted by atomic mass is 9.90. The van der Waals surface area contributed by atoms with Gasteiger partial charge in [0, 0.05) is 152 Å². The first-order valence-corrected chi connectivity index (χ1v) is 38.6. The molecule has 113 heavy (non-hydrogen) atoms. The molecular weight excluding hydrogens is 1430 g/mol. The molecule has 0 spiro atoms. The van der Waals surface area contributed by atoms with Gasteiger partial charge in [0.25, 0.3) is 0 Å². The van der Waals surface area contributed by atoms with Crippen LogP contribution in [0.2, 0.25) is 0 Å². The van der Waals surface area contributed by atoms with Gasteiger partial charge in [0.05, 0.1) is 49.4 Å². The van der Waals surface area contributed by atoms with E-state index in [9.17, 15) is 0 Å². The van der Waals surface area contributed by atoms with Crippen molar-refractivity contribution in [2.24, 2.45) is 0 Å². The maximum Gasteiger partial charge on any atom is 0.187 e. The van der Waals surface area contributed by atoms with Crippen molar-refractivity contribution in [3.05, 3.63) is 166 Å². The van der Waals surface area contributed by atoms with E-state index < -0.39 is 0 Å². The van der Waals surface area contributed by atoms with E-state index in [0.717, 1.165) is 137 Å². The topological polar surface area (TPSA) is 395 Å². The fourth-order valence-electron chi connectivity index (χ4n) is 11.7. The van der Waals surface area contributed by atoms with E-state index in [1.54, 1.807) is 65.6 Å². The normalized spacial score (nSPS) is 13.8. The Morgan fingerprint density at radius 1 is 0.389 bits per heavy atom. The van der Waals surface area contributed by atoms with Crippen LogP contribution < -0.4 is 62.2 Å². The summed E-state index contributed by atoms with van der Waals surface area (Å²) in [6.45, 7) is 47.6. The predicted molar refractivity (Wildman–Crippen MR) is 445 cm³/mol. The molecule has 2 atom stereocenters. The third-order valence-electron chi connectivity index (χ3n) is 18.5. The van der Waals surface area contributed by atoms with Gasteiger partial charge in [0.15, 0.2) is 57.8 Å². The number of nitrogens with two attached hydrogens (primary N) is 5. The van der Waals surface area contributed by atoms with Crippen molar-refractivity contribution in [1.82, 2.24) is 74.8 Å². The minimum Gasteiger partial charge on any atom is -0.451 e. The zero-order chi connectivity index (χ0) is 82.5. The van der Waals surface area contributed by atoms with Crippen LogP contribution in [-0.4, -0.2) is 121 Å². The molecule has 0 radical (unpaired) electrons. The second-order valence-electron chi connectivity index (χ2n) is 30.2. The van der Waals surface area contributed by atoms with Gasteiger partial charge in [0.2, 0.25) is 0 Å². The standard InChI is InChI=1S/C17H25N5O.2C17H22N4O2.C17H24N4O.C16H23N5O/c1-6-22(7-2)16-8-14(13(9-20-16)11(3)4)23-15-10-19-12(5)21-17(15)18;1-10(2)13-7-20-14(12-4-5-22-9-12)6-15(13)23-16-8-19-11(3)21-17(16)18;1-10(2)12-8-20-13(14-5-4-6-22-14)7-15(12)23-16-9-19-11(3)21-17(16)18;1-10(2)12-8-20-15(17(4,5)6)7-13(12)22-14-9-19-11(3)21-16(14)18;1-6-21(5)15-7-13(12(8-19-15)10(2)3)22-14-9-18-11(4)20-16(14)17/h8-11H,6-7H2,1-5H3,(H2,18,19,21);6-8,10,12H,4-5,9H2,1-3H3,(H2,18,19,21);7-10,14H,4-6H2,1-3H3,(H2,18,19,21);7-10H,1-6H3,(H2,18,19,21);7-10H,6H2,1-5H3,(H2,17,18,20). The van der Waals surface area contributed by atoms with E-state index in [1.165, 1.54) is 0 Å². The molecule has 2 aliphatic rings. The summed E-state index contributed by atoms with van der Waals surface area (Å²) in [5, 5.41) is 0. The molecule has 604 valence electrons. The molecule has 2 unspecified atom stereocenters. The van der Waals surface area contributed by atoms with Crippen molar-refractivity contribution >= 4 is 40.7 Å². The SMILES string of the molecule is CCN(C)c1cc(Oc2cnc(C)nc2N)c(C(C)C)cn1.CCN(CC)c1cc(Oc2cnc(C)nc2N)c(C(C)C)cn1.Cc1ncc(Oc2cc(C(C)(C)C)ncc2C(C)C)c(N)n1.Cc1ncc(Oc2cc(C3CCCO3)ncc2C(C)C)c(N)n1.Cc1ncc(Oc2cc(C3CCOC3)ncc2C(C)C)c(N)n1. The molecule has 2 fully saturated rings. The van der Waals surface area contributed by atoms with E-state index in [1.807, 2.05) is 73.3 Å². The molecule has 0 bridgehead atoms. The number of nitrogen functional groups attached to an aromatic ring is 5. The van der Waals surface area contributed by atoms with Gasteiger partial charge in [-0.3, -0.25) is 15.0 Å². The summed E-state index contributed by atoms with van der Waals surface area (Å²) in [5.74, 6) is 14.4. The highest BCUT2D eigenvalue weighted by Gasteiger charge is 2.26. The first-order valence-electron chi connectivity index (χ1n) is 38.6. The Bertz CT molecular complexity index is 4500. The number of aromatic nitrogens is 15. The number of aryl methyl sites for hydroxylation is 5. The molecule has 10 aromatic rings. The van der Waals surface area contributed by atoms with Crippen molar-refractivity contribution in [2.75, 3.05) is 85.0 Å². The van der Waals surface area contributed by atoms with Crippen molar-refractivity contribution in [3.63, 3.8) is 0 Å². The molecule has 0 amide bonds. The van der Waals surface area contributed by atoms with Gasteiger partial charge in [0.1, 0.15) is 69.5 Å². The third-order valence-corrected chi connectivity index (χ3v) is 18.5. The molecule has 12 heterocycles. The summed E-state index contributed by atoms with van der Waals surface area (Å²) < 4.78 is 41.2. The second-order valence-corrected chi connectivity index (χ2v) is 30.2. The van der Waals surface area contributed by atoms with Crippen LogP contribution in [0.3, 0.4) is 0 Å². The zero-order valence-electron chi connectivity index (χ0n) is 69.9. The minimum atomic E-state index is -0.0526. The lowest BCUT2D eigenvalue weighted by Crippen LogP contribution is -2.23. The maximum atomic E-state index is 6.03.